The van der Waals surface area contributed by atoms with Crippen molar-refractivity contribution in [3.8, 4) is 0 Å². The number of hydrogen-bond donors (Lipinski definition) is 0. The van der Waals surface area contributed by atoms with Gasteiger partial charge in [0.05, 0.1) is 0 Å². The molecule has 0 N–H and O–H groups in total. The van der Waals surface area contributed by atoms with Gasteiger partial charge in [0.1, 0.15) is 0 Å². The zero-order chi connectivity index (χ0) is 13.9. The van der Waals surface area contributed by atoms with E-state index in [1.165, 1.54) is 6.42 Å². The zero-order valence-corrected chi connectivity index (χ0v) is 16.3. The Labute approximate surface area is 112 Å². The fourth-order valence-electron chi connectivity index (χ4n) is 1.97. The number of rotatable bonds is 7. The Hall–Kier alpha value is 0.571. The highest BCUT2D eigenvalue weighted by Gasteiger charge is 2.39. The molecule has 0 saturated heterocycles. The minimum Gasteiger partial charge on any atom is -0.437 e. The van der Waals surface area contributed by atoms with Crippen molar-refractivity contribution in [2.75, 3.05) is 0 Å². The van der Waals surface area contributed by atoms with Crippen molar-refractivity contribution in [1.82, 2.24) is 0 Å². The van der Waals surface area contributed by atoms with E-state index in [-0.39, 0.29) is 0 Å². The average Bonchev–Trinajstić information content (AvgIpc) is 1.93. The molecule has 0 aromatic rings. The summed E-state index contributed by atoms with van der Waals surface area (Å²) in [6, 6.07) is 1.14. The molecule has 0 bridgehead atoms. The minimum absolute atomic E-state index is 0.734. The first kappa shape index (κ1) is 17.6. The predicted molar refractivity (Wildman–Crippen MR) is 84.7 cm³/mol. The van der Waals surface area contributed by atoms with E-state index in [1.54, 1.807) is 0 Å². The summed E-state index contributed by atoms with van der Waals surface area (Å²) in [6.45, 7) is 20.4. The molecule has 0 atom stereocenters. The van der Waals surface area contributed by atoms with Crippen LogP contribution in [0.2, 0.25) is 51.9 Å². The van der Waals surface area contributed by atoms with Gasteiger partial charge in [-0.1, -0.05) is 13.8 Å². The third-order valence-corrected chi connectivity index (χ3v) is 11.8. The summed E-state index contributed by atoms with van der Waals surface area (Å²) >= 11 is 0. The highest BCUT2D eigenvalue weighted by Crippen LogP contribution is 2.26. The van der Waals surface area contributed by atoms with Crippen LogP contribution in [0, 0.1) is 5.92 Å². The van der Waals surface area contributed by atoms with Gasteiger partial charge in [-0.15, -0.1) is 0 Å². The SMILES string of the molecule is CC(C)CC[Si](C)(O[Si](C)(C)C)O[Si](C)(C)C. The third kappa shape index (κ3) is 10.2. The third-order valence-electron chi connectivity index (χ3n) is 2.22. The van der Waals surface area contributed by atoms with E-state index >= 15 is 0 Å². The molecule has 0 radical (unpaired) electrons. The lowest BCUT2D eigenvalue weighted by Gasteiger charge is -2.38. The molecule has 0 saturated carbocycles. The normalized spacial score (nSPS) is 14.5. The maximum absolute atomic E-state index is 6.44. The van der Waals surface area contributed by atoms with Crippen LogP contribution in [0.4, 0.5) is 0 Å². The van der Waals surface area contributed by atoms with Crippen molar-refractivity contribution in [2.24, 2.45) is 5.92 Å². The molecule has 0 aromatic heterocycles. The van der Waals surface area contributed by atoms with Gasteiger partial charge in [-0.05, 0) is 64.2 Å². The zero-order valence-electron chi connectivity index (χ0n) is 13.3. The van der Waals surface area contributed by atoms with E-state index in [9.17, 15) is 0 Å². The van der Waals surface area contributed by atoms with Gasteiger partial charge < -0.3 is 8.23 Å². The average molecular weight is 293 g/mol. The van der Waals surface area contributed by atoms with E-state index in [4.69, 9.17) is 8.23 Å². The van der Waals surface area contributed by atoms with E-state index < -0.39 is 25.2 Å². The van der Waals surface area contributed by atoms with E-state index in [0.717, 1.165) is 12.0 Å². The van der Waals surface area contributed by atoms with Gasteiger partial charge in [0, 0.05) is 0 Å². The van der Waals surface area contributed by atoms with E-state index in [0.29, 0.717) is 0 Å². The Balaban J connectivity index is 4.69. The van der Waals surface area contributed by atoms with Gasteiger partial charge >= 0.3 is 8.56 Å². The molecule has 0 rings (SSSR count). The van der Waals surface area contributed by atoms with Crippen molar-refractivity contribution in [3.05, 3.63) is 0 Å². The minimum atomic E-state index is -1.96. The number of hydrogen-bond acceptors (Lipinski definition) is 2. The van der Waals surface area contributed by atoms with Crippen molar-refractivity contribution in [1.29, 1.82) is 0 Å². The van der Waals surface area contributed by atoms with Crippen LogP contribution >= 0.6 is 0 Å². The summed E-state index contributed by atoms with van der Waals surface area (Å²) in [5.74, 6) is 0.734. The summed E-state index contributed by atoms with van der Waals surface area (Å²) in [6.07, 6.45) is 1.22. The van der Waals surface area contributed by atoms with Gasteiger partial charge in [-0.3, -0.25) is 0 Å². The molecule has 0 spiro atoms. The Bertz CT molecular complexity index is 213. The van der Waals surface area contributed by atoms with Crippen LogP contribution in [0.25, 0.3) is 0 Å². The topological polar surface area (TPSA) is 18.5 Å². The lowest BCUT2D eigenvalue weighted by molar-refractivity contribution is 0.376. The molecule has 0 aliphatic rings. The second-order valence-corrected chi connectivity index (χ2v) is 20.3. The van der Waals surface area contributed by atoms with Crippen LogP contribution in [-0.4, -0.2) is 25.2 Å². The Morgan fingerprint density at radius 1 is 0.765 bits per heavy atom. The first-order valence-electron chi connectivity index (χ1n) is 6.73. The summed E-state index contributed by atoms with van der Waals surface area (Å²) in [5, 5.41) is 0. The Morgan fingerprint density at radius 2 is 1.12 bits per heavy atom. The Morgan fingerprint density at radius 3 is 1.35 bits per heavy atom. The second-order valence-electron chi connectivity index (χ2n) is 7.50. The highest BCUT2D eigenvalue weighted by atomic mass is 28.5. The van der Waals surface area contributed by atoms with Crippen molar-refractivity contribution >= 4 is 25.2 Å². The summed E-state index contributed by atoms with van der Waals surface area (Å²) in [7, 11) is -4.97. The summed E-state index contributed by atoms with van der Waals surface area (Å²) < 4.78 is 12.9. The van der Waals surface area contributed by atoms with Gasteiger partial charge in [0.15, 0.2) is 16.6 Å². The van der Waals surface area contributed by atoms with Crippen molar-refractivity contribution in [3.63, 3.8) is 0 Å². The fourth-order valence-corrected chi connectivity index (χ4v) is 14.8. The van der Waals surface area contributed by atoms with Crippen molar-refractivity contribution < 1.29 is 8.23 Å². The Kier molecular flexibility index (Phi) is 6.35. The fraction of sp³-hybridized carbons (Fsp3) is 1.00. The molecule has 17 heavy (non-hydrogen) atoms. The van der Waals surface area contributed by atoms with Crippen LogP contribution in [0.15, 0.2) is 0 Å². The second kappa shape index (κ2) is 6.14. The maximum atomic E-state index is 6.44. The lowest BCUT2D eigenvalue weighted by Crippen LogP contribution is -2.52. The molecule has 0 aliphatic heterocycles. The molecule has 0 fully saturated rings. The standard InChI is InChI=1S/C12H32O2Si3/c1-12(2)10-11-17(9,13-15(3,4)5)14-16(6,7)8/h12H,10-11H2,1-9H3. The van der Waals surface area contributed by atoms with E-state index in [1.807, 2.05) is 0 Å². The lowest BCUT2D eigenvalue weighted by atomic mass is 10.2. The van der Waals surface area contributed by atoms with Crippen LogP contribution in [0.3, 0.4) is 0 Å². The van der Waals surface area contributed by atoms with E-state index in [2.05, 4.69) is 59.7 Å². The smallest absolute Gasteiger partial charge is 0.314 e. The van der Waals surface area contributed by atoms with Gasteiger partial charge in [-0.25, -0.2) is 0 Å². The van der Waals surface area contributed by atoms with Gasteiger partial charge in [0.2, 0.25) is 0 Å². The molecule has 0 aromatic carbocycles. The van der Waals surface area contributed by atoms with Crippen LogP contribution in [-0.2, 0) is 8.23 Å². The molecule has 104 valence electrons. The quantitative estimate of drug-likeness (QED) is 0.627. The first-order chi connectivity index (χ1) is 7.33. The molecule has 0 aliphatic carbocycles. The van der Waals surface area contributed by atoms with Crippen LogP contribution < -0.4 is 0 Å². The van der Waals surface area contributed by atoms with Gasteiger partial charge in [0.25, 0.3) is 0 Å². The molecule has 0 heterocycles. The molecular formula is C12H32O2Si3. The largest absolute Gasteiger partial charge is 0.437 e. The monoisotopic (exact) mass is 292 g/mol. The molecule has 0 unspecified atom stereocenters. The molecular weight excluding hydrogens is 260 g/mol. The molecule has 2 nitrogen and oxygen atoms in total. The first-order valence-corrected chi connectivity index (χ1v) is 16.1. The van der Waals surface area contributed by atoms with Crippen LogP contribution in [0.5, 0.6) is 0 Å². The molecule has 0 amide bonds. The highest BCUT2D eigenvalue weighted by molar-refractivity contribution is 6.87. The van der Waals surface area contributed by atoms with Crippen LogP contribution in [0.1, 0.15) is 20.3 Å². The summed E-state index contributed by atoms with van der Waals surface area (Å²) in [4.78, 5) is 0. The summed E-state index contributed by atoms with van der Waals surface area (Å²) in [5.41, 5.74) is 0. The maximum Gasteiger partial charge on any atom is 0.314 e. The predicted octanol–water partition coefficient (Wildman–Crippen LogP) is 4.81. The molecule has 5 heteroatoms. The van der Waals surface area contributed by atoms with Gasteiger partial charge in [-0.2, -0.15) is 0 Å². The van der Waals surface area contributed by atoms with Crippen molar-refractivity contribution in [2.45, 2.75) is 72.1 Å².